The van der Waals surface area contributed by atoms with E-state index >= 15 is 0 Å². The van der Waals surface area contributed by atoms with Gasteiger partial charge < -0.3 is 10.9 Å². The van der Waals surface area contributed by atoms with Crippen molar-refractivity contribution in [1.82, 2.24) is 6.15 Å². The number of rotatable bonds is 2. The second-order valence-corrected chi connectivity index (χ2v) is 2.25. The molecule has 4 heteroatoms. The lowest BCUT2D eigenvalue weighted by Gasteiger charge is -2.00. The minimum absolute atomic E-state index is 0. The molecule has 0 aromatic heterocycles. The first-order valence-electron chi connectivity index (χ1n) is 2.45. The van der Waals surface area contributed by atoms with E-state index in [1.54, 1.807) is 0 Å². The molecule has 0 aromatic carbocycles. The third-order valence-electron chi connectivity index (χ3n) is 0.530. The van der Waals surface area contributed by atoms with Crippen molar-refractivity contribution in [3.63, 3.8) is 0 Å². The predicted molar refractivity (Wildman–Crippen MR) is 37.1 cm³/mol. The highest BCUT2D eigenvalue weighted by molar-refractivity contribution is 6.61. The van der Waals surface area contributed by atoms with Crippen molar-refractivity contribution in [3.8, 4) is 0 Å². The quantitative estimate of drug-likeness (QED) is 0.619. The zero-order valence-electron chi connectivity index (χ0n) is 5.69. The summed E-state index contributed by atoms with van der Waals surface area (Å²) in [6.45, 7) is 4.29. The first kappa shape index (κ1) is 11.5. The molecule has 3 N–H and O–H groups in total. The number of hydrogen-bond acceptors (Lipinski definition) is 3. The van der Waals surface area contributed by atoms with Crippen molar-refractivity contribution in [1.29, 1.82) is 0 Å². The molecule has 0 aliphatic heterocycles. The fraction of sp³-hybridized carbons (Fsp3) is 0.800. The smallest absolute Gasteiger partial charge is 0.403 e. The van der Waals surface area contributed by atoms with Gasteiger partial charge in [0.2, 0.25) is 0 Å². The Morgan fingerprint density at radius 2 is 2.11 bits per heavy atom. The van der Waals surface area contributed by atoms with Gasteiger partial charge in [-0.15, -0.1) is 0 Å². The molecule has 9 heavy (non-hydrogen) atoms. The van der Waals surface area contributed by atoms with Crippen LogP contribution in [0.25, 0.3) is 0 Å². The van der Waals surface area contributed by atoms with E-state index in [2.05, 4.69) is 4.74 Å². The zero-order chi connectivity index (χ0) is 6.57. The maximum absolute atomic E-state index is 9.89. The van der Waals surface area contributed by atoms with Gasteiger partial charge in [-0.05, 0) is 5.92 Å². The first-order valence-corrected chi connectivity index (χ1v) is 2.83. The zero-order valence-corrected chi connectivity index (χ0v) is 6.44. The predicted octanol–water partition coefficient (Wildman–Crippen LogP) is 2.18. The topological polar surface area (TPSA) is 61.3 Å². The molecular weight excluding hydrogens is 142 g/mol. The van der Waals surface area contributed by atoms with Gasteiger partial charge in [0.25, 0.3) is 0 Å². The average Bonchev–Trinajstić information content (AvgIpc) is 1.61. The lowest BCUT2D eigenvalue weighted by Crippen LogP contribution is -2.02. The highest BCUT2D eigenvalue weighted by atomic mass is 35.5. The second kappa shape index (κ2) is 5.85. The van der Waals surface area contributed by atoms with Crippen molar-refractivity contribution < 1.29 is 9.53 Å². The Kier molecular flexibility index (Phi) is 7.48. The van der Waals surface area contributed by atoms with E-state index in [4.69, 9.17) is 11.6 Å². The molecule has 0 atom stereocenters. The maximum Gasteiger partial charge on any atom is 0.403 e. The van der Waals surface area contributed by atoms with E-state index in [1.165, 1.54) is 0 Å². The van der Waals surface area contributed by atoms with Crippen LogP contribution in [-0.2, 0) is 4.74 Å². The number of ether oxygens (including phenoxy) is 1. The van der Waals surface area contributed by atoms with Crippen molar-refractivity contribution in [2.45, 2.75) is 13.8 Å². The van der Waals surface area contributed by atoms with E-state index in [1.807, 2.05) is 13.8 Å². The van der Waals surface area contributed by atoms with Gasteiger partial charge in [-0.3, -0.25) is 0 Å². The third-order valence-corrected chi connectivity index (χ3v) is 0.639. The lowest BCUT2D eigenvalue weighted by atomic mass is 10.2. The summed E-state index contributed by atoms with van der Waals surface area (Å²) in [6.07, 6.45) is 0. The fourth-order valence-corrected chi connectivity index (χ4v) is 0.295. The molecule has 0 fully saturated rings. The van der Waals surface area contributed by atoms with Gasteiger partial charge in [0.1, 0.15) is 0 Å². The minimum atomic E-state index is -0.723. The van der Waals surface area contributed by atoms with Crippen LogP contribution in [0.5, 0.6) is 0 Å². The Morgan fingerprint density at radius 1 is 1.67 bits per heavy atom. The first-order chi connectivity index (χ1) is 3.63. The van der Waals surface area contributed by atoms with Crippen molar-refractivity contribution in [2.24, 2.45) is 5.92 Å². The van der Waals surface area contributed by atoms with Crippen molar-refractivity contribution in [3.05, 3.63) is 0 Å². The molecule has 0 rings (SSSR count). The largest absolute Gasteiger partial charge is 0.453 e. The standard InChI is InChI=1S/C5H9ClO2.H3N/c1-4(2)3-8-5(6)7;/h4H,3H2,1-2H3;1H3. The third kappa shape index (κ3) is 11.3. The summed E-state index contributed by atoms with van der Waals surface area (Å²) in [5.74, 6) is 0.359. The van der Waals surface area contributed by atoms with E-state index in [9.17, 15) is 4.79 Å². The van der Waals surface area contributed by atoms with E-state index in [0.29, 0.717) is 12.5 Å². The minimum Gasteiger partial charge on any atom is -0.453 e. The Bertz CT molecular complexity index is 85.0. The van der Waals surface area contributed by atoms with Gasteiger partial charge in [0, 0.05) is 11.6 Å². The van der Waals surface area contributed by atoms with Gasteiger partial charge in [-0.25, -0.2) is 4.79 Å². The van der Waals surface area contributed by atoms with Crippen LogP contribution in [-0.4, -0.2) is 12.0 Å². The van der Waals surface area contributed by atoms with Gasteiger partial charge in [0.15, 0.2) is 0 Å². The highest BCUT2D eigenvalue weighted by Gasteiger charge is 1.96. The van der Waals surface area contributed by atoms with Crippen LogP contribution >= 0.6 is 11.6 Å². The summed E-state index contributed by atoms with van der Waals surface area (Å²) in [5, 5.41) is 0. The number of hydrogen-bond donors (Lipinski definition) is 1. The summed E-state index contributed by atoms with van der Waals surface area (Å²) in [4.78, 5) is 9.89. The molecule has 0 spiro atoms. The van der Waals surface area contributed by atoms with Gasteiger partial charge in [-0.2, -0.15) is 0 Å². The van der Waals surface area contributed by atoms with Crippen LogP contribution in [0.3, 0.4) is 0 Å². The molecule has 3 nitrogen and oxygen atoms in total. The molecule has 0 aliphatic rings. The van der Waals surface area contributed by atoms with Crippen LogP contribution in [0.1, 0.15) is 13.8 Å². The maximum atomic E-state index is 9.89. The Hall–Kier alpha value is -0.280. The van der Waals surface area contributed by atoms with Gasteiger partial charge >= 0.3 is 5.43 Å². The molecule has 0 amide bonds. The van der Waals surface area contributed by atoms with Crippen LogP contribution in [0, 0.1) is 5.92 Å². The SMILES string of the molecule is CC(C)COC(=O)Cl.N. The molecule has 56 valence electrons. The molecule has 0 saturated carbocycles. The number of carbonyl (C=O) groups is 1. The molecule has 0 bridgehead atoms. The number of halogens is 1. The van der Waals surface area contributed by atoms with Crippen LogP contribution in [0.2, 0.25) is 0 Å². The Morgan fingerprint density at radius 3 is 2.22 bits per heavy atom. The van der Waals surface area contributed by atoms with E-state index in [0.717, 1.165) is 0 Å². The van der Waals surface area contributed by atoms with E-state index < -0.39 is 5.43 Å². The summed E-state index contributed by atoms with van der Waals surface area (Å²) in [6, 6.07) is 0. The highest BCUT2D eigenvalue weighted by Crippen LogP contribution is 1.94. The second-order valence-electron chi connectivity index (χ2n) is 1.94. The van der Waals surface area contributed by atoms with Crippen LogP contribution in [0.4, 0.5) is 4.79 Å². The summed E-state index contributed by atoms with van der Waals surface area (Å²) >= 11 is 4.86. The van der Waals surface area contributed by atoms with Crippen molar-refractivity contribution >= 4 is 17.0 Å². The van der Waals surface area contributed by atoms with E-state index in [-0.39, 0.29) is 6.15 Å². The summed E-state index contributed by atoms with van der Waals surface area (Å²) < 4.78 is 4.43. The fourth-order valence-electron chi connectivity index (χ4n) is 0.232. The Labute approximate surface area is 59.9 Å². The lowest BCUT2D eigenvalue weighted by molar-refractivity contribution is 0.159. The molecule has 0 saturated heterocycles. The summed E-state index contributed by atoms with van der Waals surface area (Å²) in [5.41, 5.74) is -0.723. The molecular formula is C5H12ClNO2. The van der Waals surface area contributed by atoms with Gasteiger partial charge in [0.05, 0.1) is 6.61 Å². The number of carbonyl (C=O) groups excluding carboxylic acids is 1. The van der Waals surface area contributed by atoms with Crippen molar-refractivity contribution in [2.75, 3.05) is 6.61 Å². The molecule has 0 aliphatic carbocycles. The van der Waals surface area contributed by atoms with Crippen LogP contribution < -0.4 is 6.15 Å². The molecule has 0 heterocycles. The normalized spacial score (nSPS) is 8.44. The molecule has 0 radical (unpaired) electrons. The Balaban J connectivity index is 0. The molecule has 0 unspecified atom stereocenters. The summed E-state index contributed by atoms with van der Waals surface area (Å²) in [7, 11) is 0. The van der Waals surface area contributed by atoms with Crippen LogP contribution in [0.15, 0.2) is 0 Å². The monoisotopic (exact) mass is 153 g/mol. The average molecular weight is 154 g/mol. The molecule has 0 aromatic rings. The van der Waals surface area contributed by atoms with Gasteiger partial charge in [-0.1, -0.05) is 13.8 Å².